The lowest BCUT2D eigenvalue weighted by Crippen LogP contribution is -2.40. The van der Waals surface area contributed by atoms with E-state index in [9.17, 15) is 4.79 Å². The lowest BCUT2D eigenvalue weighted by molar-refractivity contribution is -0.138. The number of aliphatic carboxylic acids is 1. The van der Waals surface area contributed by atoms with Gasteiger partial charge in [-0.05, 0) is 41.4 Å². The molecule has 2 rings (SSSR count). The Morgan fingerprint density at radius 1 is 1.61 bits per heavy atom. The van der Waals surface area contributed by atoms with Gasteiger partial charge in [-0.15, -0.1) is 11.3 Å². The molecule has 1 saturated heterocycles. The van der Waals surface area contributed by atoms with E-state index in [0.29, 0.717) is 0 Å². The van der Waals surface area contributed by atoms with Crippen LogP contribution < -0.4 is 0 Å². The highest BCUT2D eigenvalue weighted by atomic mass is 79.9. The lowest BCUT2D eigenvalue weighted by atomic mass is 9.99. The molecule has 0 amide bonds. The van der Waals surface area contributed by atoms with E-state index in [1.807, 2.05) is 6.07 Å². The number of hydrogen-bond acceptors (Lipinski definition) is 3. The summed E-state index contributed by atoms with van der Waals surface area (Å²) < 4.78 is 1.69. The maximum absolute atomic E-state index is 10.9. The topological polar surface area (TPSA) is 40.5 Å². The van der Waals surface area contributed by atoms with Gasteiger partial charge in [0.1, 0.15) is 4.34 Å². The third kappa shape index (κ3) is 3.70. The van der Waals surface area contributed by atoms with Crippen LogP contribution in [0.3, 0.4) is 0 Å². The van der Waals surface area contributed by atoms with E-state index >= 15 is 0 Å². The molecular weight excluding hydrogens is 338 g/mol. The van der Waals surface area contributed by atoms with E-state index in [1.54, 1.807) is 11.3 Å². The minimum absolute atomic E-state index is 0.163. The monoisotopic (exact) mass is 351 g/mol. The van der Waals surface area contributed by atoms with Crippen molar-refractivity contribution in [1.29, 1.82) is 0 Å². The Labute approximate surface area is 124 Å². The van der Waals surface area contributed by atoms with Crippen molar-refractivity contribution in [2.24, 2.45) is 0 Å². The van der Waals surface area contributed by atoms with Crippen LogP contribution in [0.5, 0.6) is 0 Å². The first kappa shape index (κ1) is 14.3. The highest BCUT2D eigenvalue weighted by Crippen LogP contribution is 2.33. The van der Waals surface area contributed by atoms with Crippen LogP contribution in [0.4, 0.5) is 0 Å². The maximum atomic E-state index is 10.9. The molecule has 0 spiro atoms. The predicted molar refractivity (Wildman–Crippen MR) is 77.3 cm³/mol. The zero-order valence-corrected chi connectivity index (χ0v) is 13.0. The van der Waals surface area contributed by atoms with Gasteiger partial charge in [-0.3, -0.25) is 9.69 Å². The zero-order valence-electron chi connectivity index (χ0n) is 9.86. The van der Waals surface area contributed by atoms with Crippen LogP contribution in [0, 0.1) is 0 Å². The molecule has 0 aromatic carbocycles. The number of piperidine rings is 1. The van der Waals surface area contributed by atoms with Crippen molar-refractivity contribution in [1.82, 2.24) is 4.90 Å². The molecule has 1 atom stereocenters. The smallest absolute Gasteiger partial charge is 0.304 e. The molecule has 2 heterocycles. The molecule has 6 heteroatoms. The summed E-state index contributed by atoms with van der Waals surface area (Å²) in [5.74, 6) is -0.711. The SMILES string of the molecule is O=C(O)CC1CCCCN1Cc1cc(Br)c(Cl)s1. The molecule has 1 fully saturated rings. The number of carbonyl (C=O) groups is 1. The van der Waals surface area contributed by atoms with Gasteiger partial charge in [0.25, 0.3) is 0 Å². The fourth-order valence-electron chi connectivity index (χ4n) is 2.37. The van der Waals surface area contributed by atoms with Crippen LogP contribution in [0.15, 0.2) is 10.5 Å². The predicted octanol–water partition coefficient (Wildman–Crippen LogP) is 3.99. The largest absolute Gasteiger partial charge is 0.481 e. The Balaban J connectivity index is 2.02. The molecular formula is C12H15BrClNO2S. The maximum Gasteiger partial charge on any atom is 0.304 e. The summed E-state index contributed by atoms with van der Waals surface area (Å²) in [7, 11) is 0. The molecule has 0 bridgehead atoms. The second-order valence-corrected chi connectivity index (χ2v) is 7.15. The van der Waals surface area contributed by atoms with Crippen molar-refractivity contribution >= 4 is 44.8 Å². The Bertz CT molecular complexity index is 418. The normalized spacial score (nSPS) is 21.1. The molecule has 0 aliphatic carbocycles. The van der Waals surface area contributed by atoms with Crippen LogP contribution in [-0.2, 0) is 11.3 Å². The second-order valence-electron chi connectivity index (χ2n) is 4.55. The van der Waals surface area contributed by atoms with E-state index in [-0.39, 0.29) is 12.5 Å². The fourth-order valence-corrected chi connectivity index (χ4v) is 4.19. The van der Waals surface area contributed by atoms with E-state index in [2.05, 4.69) is 20.8 Å². The highest BCUT2D eigenvalue weighted by Gasteiger charge is 2.25. The van der Waals surface area contributed by atoms with Crippen molar-refractivity contribution in [2.75, 3.05) is 6.54 Å². The summed E-state index contributed by atoms with van der Waals surface area (Å²) in [6.45, 7) is 1.78. The van der Waals surface area contributed by atoms with Gasteiger partial charge in [0.15, 0.2) is 0 Å². The average molecular weight is 353 g/mol. The molecule has 3 nitrogen and oxygen atoms in total. The third-order valence-electron chi connectivity index (χ3n) is 3.21. The zero-order chi connectivity index (χ0) is 13.1. The Morgan fingerprint density at radius 2 is 2.39 bits per heavy atom. The van der Waals surface area contributed by atoms with Gasteiger partial charge < -0.3 is 5.11 Å². The first-order valence-electron chi connectivity index (χ1n) is 5.96. The van der Waals surface area contributed by atoms with Gasteiger partial charge >= 0.3 is 5.97 Å². The summed E-state index contributed by atoms with van der Waals surface area (Å²) in [6, 6.07) is 2.19. The molecule has 1 N–H and O–H groups in total. The van der Waals surface area contributed by atoms with Gasteiger partial charge in [-0.25, -0.2) is 0 Å². The van der Waals surface area contributed by atoms with Crippen molar-refractivity contribution in [3.8, 4) is 0 Å². The van der Waals surface area contributed by atoms with Crippen LogP contribution in [0.2, 0.25) is 4.34 Å². The fraction of sp³-hybridized carbons (Fsp3) is 0.583. The molecule has 0 radical (unpaired) electrons. The minimum atomic E-state index is -0.711. The van der Waals surface area contributed by atoms with Gasteiger partial charge in [-0.1, -0.05) is 18.0 Å². The number of halogens is 2. The van der Waals surface area contributed by atoms with Crippen LogP contribution in [-0.4, -0.2) is 28.6 Å². The van der Waals surface area contributed by atoms with Crippen molar-refractivity contribution in [3.05, 3.63) is 19.8 Å². The molecule has 1 aliphatic rings. The van der Waals surface area contributed by atoms with Crippen LogP contribution in [0.25, 0.3) is 0 Å². The summed E-state index contributed by atoms with van der Waals surface area (Å²) in [6.07, 6.45) is 3.49. The van der Waals surface area contributed by atoms with Crippen LogP contribution in [0.1, 0.15) is 30.6 Å². The molecule has 1 aliphatic heterocycles. The molecule has 1 aromatic heterocycles. The summed E-state index contributed by atoms with van der Waals surface area (Å²) in [5, 5.41) is 8.95. The number of rotatable bonds is 4. The lowest BCUT2D eigenvalue weighted by Gasteiger charge is -2.34. The van der Waals surface area contributed by atoms with Gasteiger partial charge in [0.2, 0.25) is 0 Å². The number of carboxylic acids is 1. The van der Waals surface area contributed by atoms with Crippen LogP contribution >= 0.6 is 38.9 Å². The highest BCUT2D eigenvalue weighted by molar-refractivity contribution is 9.10. The number of carboxylic acid groups (broad SMARTS) is 1. The van der Waals surface area contributed by atoms with E-state index in [1.165, 1.54) is 4.88 Å². The number of thiophene rings is 1. The summed E-state index contributed by atoms with van der Waals surface area (Å²) in [5.41, 5.74) is 0. The van der Waals surface area contributed by atoms with E-state index in [0.717, 1.165) is 41.2 Å². The van der Waals surface area contributed by atoms with Gasteiger partial charge in [0.05, 0.1) is 6.42 Å². The second kappa shape index (κ2) is 6.37. The third-order valence-corrected chi connectivity index (χ3v) is 5.67. The molecule has 1 unspecified atom stereocenters. The molecule has 1 aromatic rings. The standard InChI is InChI=1S/C12H15BrClNO2S/c13-10-6-9(18-12(10)14)7-15-4-2-1-3-8(15)5-11(16)17/h6,8H,1-5,7H2,(H,16,17). The van der Waals surface area contributed by atoms with E-state index < -0.39 is 5.97 Å². The Hall–Kier alpha value is -0.100. The minimum Gasteiger partial charge on any atom is -0.481 e. The van der Waals surface area contributed by atoms with Crippen molar-refractivity contribution < 1.29 is 9.90 Å². The summed E-state index contributed by atoms with van der Waals surface area (Å²) in [4.78, 5) is 14.3. The van der Waals surface area contributed by atoms with Crippen molar-refractivity contribution in [3.63, 3.8) is 0 Å². The average Bonchev–Trinajstić information content (AvgIpc) is 2.60. The molecule has 100 valence electrons. The number of nitrogens with zero attached hydrogens (tertiary/aromatic N) is 1. The quantitative estimate of drug-likeness (QED) is 0.890. The number of hydrogen-bond donors (Lipinski definition) is 1. The first-order valence-corrected chi connectivity index (χ1v) is 7.94. The number of likely N-dealkylation sites (tertiary alicyclic amines) is 1. The Kier molecular flexibility index (Phi) is 5.06. The van der Waals surface area contributed by atoms with Gasteiger partial charge in [-0.2, -0.15) is 0 Å². The van der Waals surface area contributed by atoms with E-state index in [4.69, 9.17) is 16.7 Å². The summed E-state index contributed by atoms with van der Waals surface area (Å²) >= 11 is 11.0. The van der Waals surface area contributed by atoms with Crippen molar-refractivity contribution in [2.45, 2.75) is 38.3 Å². The molecule has 18 heavy (non-hydrogen) atoms. The van der Waals surface area contributed by atoms with Gasteiger partial charge in [0, 0.05) is 21.9 Å². The Morgan fingerprint density at radius 3 is 3.00 bits per heavy atom. The molecule has 0 saturated carbocycles. The first-order chi connectivity index (χ1) is 8.56.